The monoisotopic (exact) mass is 515 g/mol. The quantitative estimate of drug-likeness (QED) is 0.293. The standard InChI is InChI=1S/C23H41N5.HI/c1-6-24-23(28-15-14-22(19-28)18-27(7-2)8-3)25-16-20(4)26(5)17-21-12-10-9-11-13-21;/h9-13,20,22H,6-8,14-19H2,1-5H3,(H,24,25);1H. The number of guanidine groups is 1. The van der Waals surface area contributed by atoms with E-state index in [1.807, 2.05) is 0 Å². The van der Waals surface area contributed by atoms with Crippen molar-refractivity contribution in [1.29, 1.82) is 0 Å². The molecule has 0 aromatic heterocycles. The van der Waals surface area contributed by atoms with Gasteiger partial charge in [-0.1, -0.05) is 44.2 Å². The van der Waals surface area contributed by atoms with E-state index in [1.54, 1.807) is 0 Å². The number of hydrogen-bond donors (Lipinski definition) is 1. The summed E-state index contributed by atoms with van der Waals surface area (Å²) in [5.74, 6) is 1.84. The van der Waals surface area contributed by atoms with E-state index < -0.39 is 0 Å². The summed E-state index contributed by atoms with van der Waals surface area (Å²) in [6.07, 6.45) is 1.27. The maximum absolute atomic E-state index is 4.99. The van der Waals surface area contributed by atoms with E-state index in [0.29, 0.717) is 6.04 Å². The molecule has 29 heavy (non-hydrogen) atoms. The zero-order valence-corrected chi connectivity index (χ0v) is 21.4. The van der Waals surface area contributed by atoms with Crippen molar-refractivity contribution in [2.75, 3.05) is 52.9 Å². The SMILES string of the molecule is CCNC(=NCC(C)N(C)Cc1ccccc1)N1CCC(CN(CC)CC)C1.I. The average Bonchev–Trinajstić information content (AvgIpc) is 3.18. The molecular formula is C23H42IN5. The van der Waals surface area contributed by atoms with Gasteiger partial charge in [0.05, 0.1) is 6.54 Å². The van der Waals surface area contributed by atoms with Crippen molar-refractivity contribution in [2.45, 2.75) is 46.7 Å². The Hall–Kier alpha value is -0.860. The minimum absolute atomic E-state index is 0. The first-order valence-corrected chi connectivity index (χ1v) is 11.1. The third kappa shape index (κ3) is 8.80. The fourth-order valence-electron chi connectivity index (χ4n) is 3.83. The molecule has 0 saturated carbocycles. The molecule has 1 fully saturated rings. The van der Waals surface area contributed by atoms with Crippen molar-refractivity contribution in [1.82, 2.24) is 20.0 Å². The van der Waals surface area contributed by atoms with Crippen LogP contribution < -0.4 is 5.32 Å². The van der Waals surface area contributed by atoms with Crippen LogP contribution in [0.5, 0.6) is 0 Å². The molecular weight excluding hydrogens is 473 g/mol. The Labute approximate surface area is 195 Å². The average molecular weight is 516 g/mol. The second kappa shape index (κ2) is 14.2. The highest BCUT2D eigenvalue weighted by Gasteiger charge is 2.26. The van der Waals surface area contributed by atoms with Gasteiger partial charge in [-0.3, -0.25) is 9.89 Å². The van der Waals surface area contributed by atoms with Crippen molar-refractivity contribution in [3.05, 3.63) is 35.9 Å². The van der Waals surface area contributed by atoms with Crippen molar-refractivity contribution in [3.8, 4) is 0 Å². The molecule has 0 radical (unpaired) electrons. The van der Waals surface area contributed by atoms with E-state index in [9.17, 15) is 0 Å². The summed E-state index contributed by atoms with van der Waals surface area (Å²) in [5.41, 5.74) is 1.35. The predicted octanol–water partition coefficient (Wildman–Crippen LogP) is 3.75. The molecule has 1 aliphatic rings. The molecule has 166 valence electrons. The molecule has 2 rings (SSSR count). The maximum Gasteiger partial charge on any atom is 0.193 e. The van der Waals surface area contributed by atoms with Gasteiger partial charge in [0.2, 0.25) is 0 Å². The number of benzene rings is 1. The Balaban J connectivity index is 0.00000420. The normalized spacial score (nSPS) is 18.2. The van der Waals surface area contributed by atoms with E-state index in [-0.39, 0.29) is 24.0 Å². The van der Waals surface area contributed by atoms with Gasteiger partial charge in [-0.15, -0.1) is 24.0 Å². The summed E-state index contributed by atoms with van der Waals surface area (Å²) >= 11 is 0. The van der Waals surface area contributed by atoms with Crippen LogP contribution in [0.3, 0.4) is 0 Å². The highest BCUT2D eigenvalue weighted by Crippen LogP contribution is 2.18. The molecule has 6 heteroatoms. The molecule has 5 nitrogen and oxygen atoms in total. The molecule has 0 spiro atoms. The molecule has 2 atom stereocenters. The summed E-state index contributed by atoms with van der Waals surface area (Å²) in [5, 5.41) is 3.51. The van der Waals surface area contributed by atoms with Crippen LogP contribution in [0.25, 0.3) is 0 Å². The molecule has 0 aliphatic carbocycles. The number of aliphatic imine (C=N–C) groups is 1. The fourth-order valence-corrected chi connectivity index (χ4v) is 3.83. The van der Waals surface area contributed by atoms with Crippen LogP contribution in [-0.2, 0) is 6.54 Å². The third-order valence-electron chi connectivity index (χ3n) is 5.86. The fraction of sp³-hybridized carbons (Fsp3) is 0.696. The Morgan fingerprint density at radius 2 is 1.90 bits per heavy atom. The van der Waals surface area contributed by atoms with Crippen LogP contribution in [0.4, 0.5) is 0 Å². The van der Waals surface area contributed by atoms with Crippen molar-refractivity contribution in [3.63, 3.8) is 0 Å². The first-order chi connectivity index (χ1) is 13.6. The minimum atomic E-state index is 0. The summed E-state index contributed by atoms with van der Waals surface area (Å²) in [4.78, 5) is 12.4. The van der Waals surface area contributed by atoms with Crippen molar-refractivity contribution in [2.24, 2.45) is 10.9 Å². The van der Waals surface area contributed by atoms with E-state index in [0.717, 1.165) is 57.7 Å². The smallest absolute Gasteiger partial charge is 0.193 e. The topological polar surface area (TPSA) is 34.1 Å². The predicted molar refractivity (Wildman–Crippen MR) is 136 cm³/mol. The largest absolute Gasteiger partial charge is 0.357 e. The molecule has 0 amide bonds. The van der Waals surface area contributed by atoms with Gasteiger partial charge in [-0.05, 0) is 51.9 Å². The van der Waals surface area contributed by atoms with Gasteiger partial charge in [-0.2, -0.15) is 0 Å². The second-order valence-corrected chi connectivity index (χ2v) is 8.03. The van der Waals surface area contributed by atoms with Gasteiger partial charge in [0.15, 0.2) is 5.96 Å². The Bertz CT molecular complexity index is 576. The van der Waals surface area contributed by atoms with Crippen LogP contribution in [-0.4, -0.2) is 79.6 Å². The molecule has 1 aromatic rings. The van der Waals surface area contributed by atoms with E-state index in [4.69, 9.17) is 4.99 Å². The molecule has 0 bridgehead atoms. The Kier molecular flexibility index (Phi) is 12.8. The summed E-state index contributed by atoms with van der Waals surface area (Å²) in [6.45, 7) is 17.4. The molecule has 1 N–H and O–H groups in total. The number of nitrogens with zero attached hydrogens (tertiary/aromatic N) is 4. The minimum Gasteiger partial charge on any atom is -0.357 e. The highest BCUT2D eigenvalue weighted by atomic mass is 127. The number of likely N-dealkylation sites (tertiary alicyclic amines) is 1. The van der Waals surface area contributed by atoms with Gasteiger partial charge in [0.1, 0.15) is 0 Å². The molecule has 1 aliphatic heterocycles. The van der Waals surface area contributed by atoms with Gasteiger partial charge in [0, 0.05) is 38.8 Å². The lowest BCUT2D eigenvalue weighted by Crippen LogP contribution is -2.42. The lowest BCUT2D eigenvalue weighted by molar-refractivity contribution is 0.252. The summed E-state index contributed by atoms with van der Waals surface area (Å²) in [7, 11) is 2.19. The number of halogens is 1. The zero-order chi connectivity index (χ0) is 20.4. The van der Waals surface area contributed by atoms with E-state index in [2.05, 4.69) is 85.1 Å². The van der Waals surface area contributed by atoms with Gasteiger partial charge < -0.3 is 15.1 Å². The van der Waals surface area contributed by atoms with Crippen molar-refractivity contribution < 1.29 is 0 Å². The van der Waals surface area contributed by atoms with Gasteiger partial charge >= 0.3 is 0 Å². The second-order valence-electron chi connectivity index (χ2n) is 8.03. The third-order valence-corrected chi connectivity index (χ3v) is 5.86. The van der Waals surface area contributed by atoms with E-state index >= 15 is 0 Å². The number of hydrogen-bond acceptors (Lipinski definition) is 3. The first-order valence-electron chi connectivity index (χ1n) is 11.1. The van der Waals surface area contributed by atoms with Crippen LogP contribution >= 0.6 is 24.0 Å². The molecule has 1 saturated heterocycles. The number of likely N-dealkylation sites (N-methyl/N-ethyl adjacent to an activating group) is 1. The van der Waals surface area contributed by atoms with Gasteiger partial charge in [-0.25, -0.2) is 0 Å². The lowest BCUT2D eigenvalue weighted by Gasteiger charge is -2.26. The molecule has 1 aromatic carbocycles. The first kappa shape index (κ1) is 26.2. The molecule has 1 heterocycles. The van der Waals surface area contributed by atoms with Crippen LogP contribution in [0.1, 0.15) is 39.7 Å². The number of rotatable bonds is 10. The highest BCUT2D eigenvalue weighted by molar-refractivity contribution is 14.0. The molecule has 2 unspecified atom stereocenters. The van der Waals surface area contributed by atoms with Crippen LogP contribution in [0, 0.1) is 5.92 Å². The van der Waals surface area contributed by atoms with Gasteiger partial charge in [0.25, 0.3) is 0 Å². The zero-order valence-electron chi connectivity index (χ0n) is 19.1. The summed E-state index contributed by atoms with van der Waals surface area (Å²) in [6, 6.07) is 11.1. The lowest BCUT2D eigenvalue weighted by atomic mass is 10.1. The Morgan fingerprint density at radius 1 is 1.21 bits per heavy atom. The maximum atomic E-state index is 4.99. The van der Waals surface area contributed by atoms with Crippen LogP contribution in [0.15, 0.2) is 35.3 Å². The summed E-state index contributed by atoms with van der Waals surface area (Å²) < 4.78 is 0. The van der Waals surface area contributed by atoms with Crippen molar-refractivity contribution >= 4 is 29.9 Å². The van der Waals surface area contributed by atoms with Crippen LogP contribution in [0.2, 0.25) is 0 Å². The number of nitrogens with one attached hydrogen (secondary N) is 1. The van der Waals surface area contributed by atoms with E-state index in [1.165, 1.54) is 18.5 Å². The Morgan fingerprint density at radius 3 is 2.52 bits per heavy atom.